The summed E-state index contributed by atoms with van der Waals surface area (Å²) in [6.07, 6.45) is 5.29. The maximum Gasteiger partial charge on any atom is 0.274 e. The van der Waals surface area contributed by atoms with Crippen molar-refractivity contribution < 1.29 is 0 Å². The van der Waals surface area contributed by atoms with E-state index < -0.39 is 0 Å². The summed E-state index contributed by atoms with van der Waals surface area (Å²) in [6, 6.07) is 7.41. The summed E-state index contributed by atoms with van der Waals surface area (Å²) >= 11 is 7.63. The van der Waals surface area contributed by atoms with Crippen LogP contribution < -0.4 is 5.56 Å². The molecule has 5 nitrogen and oxygen atoms in total. The molecule has 1 N–H and O–H groups in total. The normalized spacial score (nSPS) is 11.9. The molecule has 0 spiro atoms. The van der Waals surface area contributed by atoms with Crippen LogP contribution in [0.3, 0.4) is 0 Å². The van der Waals surface area contributed by atoms with Gasteiger partial charge in [0.25, 0.3) is 5.56 Å². The van der Waals surface area contributed by atoms with Gasteiger partial charge in [-0.3, -0.25) is 9.20 Å². The summed E-state index contributed by atoms with van der Waals surface area (Å²) < 4.78 is 1.87. The minimum atomic E-state index is -0.239. The molecule has 0 fully saturated rings. The number of hydrogen-bond acceptors (Lipinski definition) is 4. The van der Waals surface area contributed by atoms with Crippen molar-refractivity contribution >= 4 is 51.1 Å². The fourth-order valence-electron chi connectivity index (χ4n) is 2.24. The van der Waals surface area contributed by atoms with Crippen LogP contribution in [0.5, 0.6) is 0 Å². The molecule has 7 heteroatoms. The number of benzene rings is 1. The first-order chi connectivity index (χ1) is 10.7. The second-order valence-electron chi connectivity index (χ2n) is 4.65. The van der Waals surface area contributed by atoms with Gasteiger partial charge in [0.05, 0.1) is 16.7 Å². The monoisotopic (exact) mass is 328 g/mol. The quantitative estimate of drug-likeness (QED) is 0.613. The number of thiazole rings is 1. The Morgan fingerprint density at radius 1 is 1.23 bits per heavy atom. The van der Waals surface area contributed by atoms with Gasteiger partial charge in [0.15, 0.2) is 10.1 Å². The Balaban J connectivity index is 1.83. The van der Waals surface area contributed by atoms with E-state index in [0.717, 1.165) is 16.2 Å². The number of halogens is 1. The molecule has 22 heavy (non-hydrogen) atoms. The highest BCUT2D eigenvalue weighted by Crippen LogP contribution is 2.22. The molecule has 0 aliphatic carbocycles. The minimum absolute atomic E-state index is 0.239. The Bertz CT molecular complexity index is 1080. The van der Waals surface area contributed by atoms with Crippen molar-refractivity contribution in [1.29, 1.82) is 0 Å². The van der Waals surface area contributed by atoms with E-state index in [9.17, 15) is 4.79 Å². The van der Waals surface area contributed by atoms with Crippen LogP contribution in [0.15, 0.2) is 40.6 Å². The highest BCUT2D eigenvalue weighted by Gasteiger charge is 2.09. The molecule has 108 valence electrons. The van der Waals surface area contributed by atoms with Crippen molar-refractivity contribution in [3.05, 3.63) is 62.7 Å². The standard InChI is InChI=1S/C15H9ClN4OS/c16-13-12(20-7-8-22-15(20)19-13)6-5-11-14(21)18-10-4-2-1-3-9(10)17-11/h1-8H,(H,18,21)/b6-5+. The van der Waals surface area contributed by atoms with Gasteiger partial charge in [0.1, 0.15) is 5.69 Å². The fraction of sp³-hybridized carbons (Fsp3) is 0. The lowest BCUT2D eigenvalue weighted by Crippen LogP contribution is -2.11. The van der Waals surface area contributed by atoms with E-state index in [1.165, 1.54) is 11.3 Å². The molecule has 3 heterocycles. The van der Waals surface area contributed by atoms with Gasteiger partial charge >= 0.3 is 0 Å². The Morgan fingerprint density at radius 3 is 3.00 bits per heavy atom. The summed E-state index contributed by atoms with van der Waals surface area (Å²) in [5.41, 5.74) is 2.28. The summed E-state index contributed by atoms with van der Waals surface area (Å²) in [7, 11) is 0. The van der Waals surface area contributed by atoms with Crippen LogP contribution in [0.4, 0.5) is 0 Å². The van der Waals surface area contributed by atoms with Crippen LogP contribution in [0.1, 0.15) is 11.4 Å². The Labute approximate surface area is 133 Å². The van der Waals surface area contributed by atoms with E-state index in [2.05, 4.69) is 15.0 Å². The van der Waals surface area contributed by atoms with Gasteiger partial charge in [-0.25, -0.2) is 9.97 Å². The molecule has 4 aromatic rings. The number of nitrogens with one attached hydrogen (secondary N) is 1. The molecule has 0 amide bonds. The molecule has 1 aromatic carbocycles. The number of fused-ring (bicyclic) bond motifs is 2. The zero-order valence-electron chi connectivity index (χ0n) is 11.2. The molecule has 0 radical (unpaired) electrons. The molecule has 0 atom stereocenters. The second kappa shape index (κ2) is 5.08. The van der Waals surface area contributed by atoms with Crippen molar-refractivity contribution in [2.45, 2.75) is 0 Å². The first-order valence-corrected chi connectivity index (χ1v) is 7.76. The Kier molecular flexibility index (Phi) is 3.06. The molecule has 0 unspecified atom stereocenters. The lowest BCUT2D eigenvalue weighted by atomic mass is 10.3. The molecular weight excluding hydrogens is 320 g/mol. The second-order valence-corrected chi connectivity index (χ2v) is 5.88. The third-order valence-corrected chi connectivity index (χ3v) is 4.31. The lowest BCUT2D eigenvalue weighted by Gasteiger charge is -1.98. The first-order valence-electron chi connectivity index (χ1n) is 6.50. The summed E-state index contributed by atoms with van der Waals surface area (Å²) in [5, 5.41) is 2.33. The maximum absolute atomic E-state index is 12.1. The van der Waals surface area contributed by atoms with Gasteiger partial charge in [-0.1, -0.05) is 23.7 Å². The van der Waals surface area contributed by atoms with Crippen molar-refractivity contribution in [3.63, 3.8) is 0 Å². The number of rotatable bonds is 2. The highest BCUT2D eigenvalue weighted by atomic mass is 35.5. The smallest absolute Gasteiger partial charge is 0.274 e. The van der Waals surface area contributed by atoms with E-state index in [4.69, 9.17) is 11.6 Å². The molecule has 0 saturated carbocycles. The van der Waals surface area contributed by atoms with Crippen molar-refractivity contribution in [2.24, 2.45) is 0 Å². The number of hydrogen-bond donors (Lipinski definition) is 1. The van der Waals surface area contributed by atoms with Gasteiger partial charge in [-0.2, -0.15) is 0 Å². The highest BCUT2D eigenvalue weighted by molar-refractivity contribution is 7.15. The number of para-hydroxylation sites is 2. The lowest BCUT2D eigenvalue weighted by molar-refractivity contribution is 1.19. The molecule has 0 aliphatic rings. The van der Waals surface area contributed by atoms with Gasteiger partial charge in [0.2, 0.25) is 0 Å². The maximum atomic E-state index is 12.1. The predicted molar refractivity (Wildman–Crippen MR) is 89.4 cm³/mol. The van der Waals surface area contributed by atoms with Crippen LogP contribution in [-0.4, -0.2) is 19.4 Å². The van der Waals surface area contributed by atoms with Crippen LogP contribution in [-0.2, 0) is 0 Å². The first kappa shape index (κ1) is 13.2. The molecule has 0 saturated heterocycles. The average molecular weight is 329 g/mol. The van der Waals surface area contributed by atoms with Crippen LogP contribution >= 0.6 is 22.9 Å². The largest absolute Gasteiger partial charge is 0.319 e. The molecule has 3 aromatic heterocycles. The zero-order valence-corrected chi connectivity index (χ0v) is 12.7. The van der Waals surface area contributed by atoms with E-state index in [-0.39, 0.29) is 5.56 Å². The SMILES string of the molecule is O=c1[nH]c2ccccc2nc1/C=C/c1c(Cl)nc2sccn12. The molecular formula is C15H9ClN4OS. The summed E-state index contributed by atoms with van der Waals surface area (Å²) in [6.45, 7) is 0. The predicted octanol–water partition coefficient (Wildman–Crippen LogP) is 3.46. The summed E-state index contributed by atoms with van der Waals surface area (Å²) in [5.74, 6) is 0. The van der Waals surface area contributed by atoms with E-state index in [0.29, 0.717) is 16.4 Å². The van der Waals surface area contributed by atoms with Crippen LogP contribution in [0, 0.1) is 0 Å². The van der Waals surface area contributed by atoms with Crippen molar-refractivity contribution in [1.82, 2.24) is 19.4 Å². The van der Waals surface area contributed by atoms with E-state index in [1.807, 2.05) is 40.2 Å². The third kappa shape index (κ3) is 2.13. The average Bonchev–Trinajstić information content (AvgIpc) is 3.06. The van der Waals surface area contributed by atoms with Crippen LogP contribution in [0.2, 0.25) is 5.15 Å². The van der Waals surface area contributed by atoms with Crippen LogP contribution in [0.25, 0.3) is 28.1 Å². The Morgan fingerprint density at radius 2 is 2.09 bits per heavy atom. The van der Waals surface area contributed by atoms with Gasteiger partial charge in [-0.05, 0) is 24.3 Å². The topological polar surface area (TPSA) is 63.0 Å². The van der Waals surface area contributed by atoms with E-state index >= 15 is 0 Å². The van der Waals surface area contributed by atoms with Crippen molar-refractivity contribution in [3.8, 4) is 0 Å². The summed E-state index contributed by atoms with van der Waals surface area (Å²) in [4.78, 5) is 24.3. The van der Waals surface area contributed by atoms with Gasteiger partial charge in [-0.15, -0.1) is 11.3 Å². The number of imidazole rings is 1. The molecule has 0 bridgehead atoms. The van der Waals surface area contributed by atoms with Gasteiger partial charge in [0, 0.05) is 11.6 Å². The number of H-pyrrole nitrogens is 1. The number of nitrogens with zero attached hydrogens (tertiary/aromatic N) is 3. The minimum Gasteiger partial charge on any atom is -0.319 e. The zero-order chi connectivity index (χ0) is 15.1. The van der Waals surface area contributed by atoms with Gasteiger partial charge < -0.3 is 4.98 Å². The molecule has 4 rings (SSSR count). The number of aromatic nitrogens is 4. The van der Waals surface area contributed by atoms with Crippen molar-refractivity contribution in [2.75, 3.05) is 0 Å². The third-order valence-electron chi connectivity index (χ3n) is 3.28. The Hall–Kier alpha value is -2.44. The number of aromatic amines is 1. The fourth-order valence-corrected chi connectivity index (χ4v) is 3.25. The van der Waals surface area contributed by atoms with E-state index in [1.54, 1.807) is 12.2 Å². The molecule has 0 aliphatic heterocycles.